The minimum atomic E-state index is -3.84. The summed E-state index contributed by atoms with van der Waals surface area (Å²) in [5, 5.41) is 1.97. The molecule has 0 fully saturated rings. The molecule has 0 saturated heterocycles. The van der Waals surface area contributed by atoms with Crippen LogP contribution in [-0.2, 0) is 16.4 Å². The van der Waals surface area contributed by atoms with Crippen molar-refractivity contribution in [2.24, 2.45) is 0 Å². The first kappa shape index (κ1) is 14.5. The maximum absolute atomic E-state index is 13.5. The van der Waals surface area contributed by atoms with Crippen LogP contribution in [0.3, 0.4) is 0 Å². The predicted molar refractivity (Wildman–Crippen MR) is 81.1 cm³/mol. The van der Waals surface area contributed by atoms with Gasteiger partial charge in [0.25, 0.3) is 0 Å². The van der Waals surface area contributed by atoms with Gasteiger partial charge < -0.3 is 5.73 Å². The van der Waals surface area contributed by atoms with Gasteiger partial charge in [-0.15, -0.1) is 11.3 Å². The number of hydrogen-bond acceptors (Lipinski definition) is 4. The summed E-state index contributed by atoms with van der Waals surface area (Å²) >= 11 is 1.64. The number of nitrogens with two attached hydrogens (primary N) is 1. The Kier molecular flexibility index (Phi) is 3.73. The highest BCUT2D eigenvalue weighted by atomic mass is 32.2. The van der Waals surface area contributed by atoms with E-state index in [1.807, 2.05) is 11.4 Å². The zero-order valence-corrected chi connectivity index (χ0v) is 12.8. The largest absolute Gasteiger partial charge is 0.395 e. The van der Waals surface area contributed by atoms with Crippen LogP contribution in [-0.4, -0.2) is 8.42 Å². The van der Waals surface area contributed by atoms with Gasteiger partial charge in [0.15, 0.2) is 0 Å². The van der Waals surface area contributed by atoms with Gasteiger partial charge in [0.05, 0.1) is 5.69 Å². The van der Waals surface area contributed by atoms with Crippen LogP contribution in [0.5, 0.6) is 0 Å². The number of nitrogens with one attached hydrogen (secondary N) is 1. The number of thiophene rings is 1. The third kappa shape index (κ3) is 2.68. The van der Waals surface area contributed by atoms with Gasteiger partial charge in [-0.1, -0.05) is 6.07 Å². The maximum Gasteiger partial charge on any atom is 0.243 e. The van der Waals surface area contributed by atoms with E-state index in [9.17, 15) is 12.8 Å². The molecule has 1 heterocycles. The normalized spacial score (nSPS) is 18.4. The molecule has 3 N–H and O–H groups in total. The van der Waals surface area contributed by atoms with Gasteiger partial charge in [-0.25, -0.2) is 17.5 Å². The Morgan fingerprint density at radius 1 is 1.33 bits per heavy atom. The number of nitrogen functional groups attached to an aromatic ring is 1. The average molecular weight is 326 g/mol. The van der Waals surface area contributed by atoms with Gasteiger partial charge in [-0.2, -0.15) is 0 Å². The van der Waals surface area contributed by atoms with Crippen LogP contribution < -0.4 is 10.5 Å². The summed E-state index contributed by atoms with van der Waals surface area (Å²) in [6.07, 6.45) is 2.64. The fourth-order valence-electron chi connectivity index (χ4n) is 2.61. The number of benzene rings is 1. The topological polar surface area (TPSA) is 72.2 Å². The molecule has 0 saturated carbocycles. The van der Waals surface area contributed by atoms with E-state index in [4.69, 9.17) is 5.73 Å². The maximum atomic E-state index is 13.5. The number of hydrogen-bond donors (Lipinski definition) is 2. The van der Waals surface area contributed by atoms with Gasteiger partial charge in [-0.3, -0.25) is 0 Å². The Balaban J connectivity index is 1.93. The Hall–Kier alpha value is -1.44. The molecule has 1 aliphatic rings. The Morgan fingerprint density at radius 2 is 2.14 bits per heavy atom. The van der Waals surface area contributed by atoms with E-state index in [1.165, 1.54) is 17.0 Å². The second kappa shape index (κ2) is 5.40. The number of rotatable bonds is 3. The van der Waals surface area contributed by atoms with Crippen molar-refractivity contribution in [3.8, 4) is 0 Å². The molecule has 3 rings (SSSR count). The van der Waals surface area contributed by atoms with E-state index in [-0.39, 0.29) is 16.6 Å². The molecule has 0 aliphatic heterocycles. The van der Waals surface area contributed by atoms with Crippen molar-refractivity contribution in [1.29, 1.82) is 0 Å². The second-order valence-electron chi connectivity index (χ2n) is 5.02. The number of fused-ring (bicyclic) bond motifs is 1. The van der Waals surface area contributed by atoms with Crippen molar-refractivity contribution in [3.63, 3.8) is 0 Å². The van der Waals surface area contributed by atoms with Gasteiger partial charge >= 0.3 is 0 Å². The molecule has 0 radical (unpaired) electrons. The highest BCUT2D eigenvalue weighted by Crippen LogP contribution is 2.34. The molecule has 0 spiro atoms. The summed E-state index contributed by atoms with van der Waals surface area (Å²) < 4.78 is 41.0. The first-order valence-electron chi connectivity index (χ1n) is 6.61. The zero-order chi connectivity index (χ0) is 15.0. The van der Waals surface area contributed by atoms with Crippen LogP contribution in [0.2, 0.25) is 0 Å². The first-order chi connectivity index (χ1) is 9.99. The van der Waals surface area contributed by atoms with Crippen LogP contribution >= 0.6 is 11.3 Å². The molecule has 4 nitrogen and oxygen atoms in total. The van der Waals surface area contributed by atoms with Crippen molar-refractivity contribution in [1.82, 2.24) is 4.72 Å². The summed E-state index contributed by atoms with van der Waals surface area (Å²) in [6, 6.07) is 5.48. The highest BCUT2D eigenvalue weighted by Gasteiger charge is 2.28. The summed E-state index contributed by atoms with van der Waals surface area (Å²) in [5.74, 6) is -0.724. The van der Waals surface area contributed by atoms with Crippen LogP contribution in [0.15, 0.2) is 34.5 Å². The molecule has 0 amide bonds. The molecule has 0 bridgehead atoms. The summed E-state index contributed by atoms with van der Waals surface area (Å²) in [4.78, 5) is 1.01. The number of para-hydroxylation sites is 1. The predicted octanol–water partition coefficient (Wildman–Crippen LogP) is 2.83. The lowest BCUT2D eigenvalue weighted by Crippen LogP contribution is -2.31. The Morgan fingerprint density at radius 3 is 2.95 bits per heavy atom. The molecule has 1 atom stereocenters. The lowest BCUT2D eigenvalue weighted by molar-refractivity contribution is 0.511. The smallest absolute Gasteiger partial charge is 0.243 e. The molecule has 112 valence electrons. The minimum Gasteiger partial charge on any atom is -0.395 e. The molecule has 1 aliphatic carbocycles. The van der Waals surface area contributed by atoms with Crippen molar-refractivity contribution < 1.29 is 12.8 Å². The molecule has 21 heavy (non-hydrogen) atoms. The number of sulfonamides is 1. The van der Waals surface area contributed by atoms with E-state index in [0.717, 1.165) is 30.9 Å². The van der Waals surface area contributed by atoms with Crippen molar-refractivity contribution in [2.45, 2.75) is 30.2 Å². The average Bonchev–Trinajstić information content (AvgIpc) is 2.91. The van der Waals surface area contributed by atoms with E-state index >= 15 is 0 Å². The SMILES string of the molecule is Nc1c(F)cccc1S(=O)(=O)NC1CCCc2sccc21. The van der Waals surface area contributed by atoms with Gasteiger partial charge in [0, 0.05) is 10.9 Å². The Bertz CT molecular complexity index is 771. The number of aryl methyl sites for hydroxylation is 1. The van der Waals surface area contributed by atoms with E-state index in [0.29, 0.717) is 0 Å². The molecule has 1 aromatic heterocycles. The van der Waals surface area contributed by atoms with Gasteiger partial charge in [0.1, 0.15) is 10.7 Å². The lowest BCUT2D eigenvalue weighted by atomic mass is 9.95. The molecule has 1 unspecified atom stereocenters. The summed E-state index contributed by atoms with van der Waals surface area (Å²) in [5.41, 5.74) is 6.23. The van der Waals surface area contributed by atoms with E-state index in [1.54, 1.807) is 11.3 Å². The quantitative estimate of drug-likeness (QED) is 0.852. The van der Waals surface area contributed by atoms with Crippen LogP contribution in [0, 0.1) is 5.82 Å². The standard InChI is InChI=1S/C14H15FN2O2S2/c15-10-3-1-6-13(14(10)16)21(18,19)17-11-4-2-5-12-9(11)7-8-20-12/h1,3,6-8,11,17H,2,4-5,16H2. The first-order valence-corrected chi connectivity index (χ1v) is 8.98. The molecule has 2 aromatic rings. The van der Waals surface area contributed by atoms with Crippen LogP contribution in [0.1, 0.15) is 29.3 Å². The monoisotopic (exact) mass is 326 g/mol. The summed E-state index contributed by atoms with van der Waals surface area (Å²) in [7, 11) is -3.84. The number of halogens is 1. The van der Waals surface area contributed by atoms with Gasteiger partial charge in [0.2, 0.25) is 10.0 Å². The Labute approximate surface area is 126 Å². The third-order valence-electron chi connectivity index (χ3n) is 3.65. The lowest BCUT2D eigenvalue weighted by Gasteiger charge is -2.23. The van der Waals surface area contributed by atoms with Crippen molar-refractivity contribution in [2.75, 3.05) is 5.73 Å². The summed E-state index contributed by atoms with van der Waals surface area (Å²) in [6.45, 7) is 0. The minimum absolute atomic E-state index is 0.204. The molecule has 7 heteroatoms. The number of anilines is 1. The van der Waals surface area contributed by atoms with Crippen molar-refractivity contribution in [3.05, 3.63) is 45.9 Å². The van der Waals surface area contributed by atoms with E-state index < -0.39 is 15.8 Å². The molecule has 1 aromatic carbocycles. The molecular weight excluding hydrogens is 311 g/mol. The second-order valence-corrected chi connectivity index (χ2v) is 7.70. The zero-order valence-electron chi connectivity index (χ0n) is 11.2. The van der Waals surface area contributed by atoms with E-state index in [2.05, 4.69) is 4.72 Å². The fourth-order valence-corrected chi connectivity index (χ4v) is 4.99. The van der Waals surface area contributed by atoms with Crippen LogP contribution in [0.25, 0.3) is 0 Å². The highest BCUT2D eigenvalue weighted by molar-refractivity contribution is 7.89. The van der Waals surface area contributed by atoms with Crippen LogP contribution in [0.4, 0.5) is 10.1 Å². The van der Waals surface area contributed by atoms with Gasteiger partial charge in [-0.05, 0) is 48.4 Å². The third-order valence-corrected chi connectivity index (χ3v) is 6.18. The van der Waals surface area contributed by atoms with Crippen molar-refractivity contribution >= 4 is 27.0 Å². The molecular formula is C14H15FN2O2S2. The fraction of sp³-hybridized carbons (Fsp3) is 0.286.